The van der Waals surface area contributed by atoms with E-state index in [2.05, 4.69) is 42.5 Å². The van der Waals surface area contributed by atoms with Gasteiger partial charge in [-0.3, -0.25) is 14.4 Å². The highest BCUT2D eigenvalue weighted by atomic mass is 79.9. The van der Waals surface area contributed by atoms with Gasteiger partial charge in [0.15, 0.2) is 11.9 Å². The highest BCUT2D eigenvalue weighted by Gasteiger charge is 2.46. The molecule has 1 heterocycles. The van der Waals surface area contributed by atoms with Gasteiger partial charge in [0.1, 0.15) is 5.76 Å². The van der Waals surface area contributed by atoms with Gasteiger partial charge in [-0.25, -0.2) is 0 Å². The van der Waals surface area contributed by atoms with Crippen molar-refractivity contribution >= 4 is 56.6 Å². The van der Waals surface area contributed by atoms with Crippen LogP contribution in [0.4, 0.5) is 0 Å². The number of hydrogen-bond donors (Lipinski definition) is 2. The van der Waals surface area contributed by atoms with Gasteiger partial charge in [-0.1, -0.05) is 35.9 Å². The van der Waals surface area contributed by atoms with Crippen molar-refractivity contribution in [3.63, 3.8) is 0 Å². The molecule has 0 radical (unpaired) electrons. The molecule has 2 amide bonds. The van der Waals surface area contributed by atoms with Gasteiger partial charge in [0.25, 0.3) is 5.91 Å². The number of nitrogens with one attached hydrogen (secondary N) is 2. The van der Waals surface area contributed by atoms with Gasteiger partial charge in [0.2, 0.25) is 5.91 Å². The van der Waals surface area contributed by atoms with Crippen LogP contribution in [0.15, 0.2) is 51.1 Å². The SMILES string of the molecule is CC(C)C[C@H](NC(=O)CNC(=O)c1cc(Br)ccc1Br)B1OC2=CC=CC(=O)C2O1. The second-order valence-electron chi connectivity index (χ2n) is 7.44. The Morgan fingerprint density at radius 2 is 2.03 bits per heavy atom. The molecule has 10 heteroatoms. The summed E-state index contributed by atoms with van der Waals surface area (Å²) < 4.78 is 12.9. The maximum atomic E-state index is 12.5. The summed E-state index contributed by atoms with van der Waals surface area (Å²) in [5, 5.41) is 5.48. The summed E-state index contributed by atoms with van der Waals surface area (Å²) in [6.45, 7) is 3.82. The van der Waals surface area contributed by atoms with Crippen LogP contribution in [0.1, 0.15) is 30.6 Å². The zero-order valence-electron chi connectivity index (χ0n) is 16.5. The van der Waals surface area contributed by atoms with E-state index in [-0.39, 0.29) is 30.1 Å². The molecule has 1 aliphatic heterocycles. The Labute approximate surface area is 192 Å². The van der Waals surface area contributed by atoms with Crippen LogP contribution in [0.2, 0.25) is 0 Å². The fraction of sp³-hybridized carbons (Fsp3) is 0.350. The topological polar surface area (TPSA) is 93.7 Å². The maximum absolute atomic E-state index is 12.5. The van der Waals surface area contributed by atoms with Crippen LogP contribution in [0, 0.1) is 5.92 Å². The van der Waals surface area contributed by atoms with Gasteiger partial charge < -0.3 is 19.9 Å². The van der Waals surface area contributed by atoms with Crippen LogP contribution in [0.3, 0.4) is 0 Å². The van der Waals surface area contributed by atoms with E-state index in [0.29, 0.717) is 22.2 Å². The summed E-state index contributed by atoms with van der Waals surface area (Å²) in [4.78, 5) is 36.9. The second kappa shape index (κ2) is 9.93. The number of carbonyl (C=O) groups excluding carboxylic acids is 3. The third-order valence-electron chi connectivity index (χ3n) is 4.54. The van der Waals surface area contributed by atoms with Crippen molar-refractivity contribution in [2.24, 2.45) is 5.92 Å². The Bertz CT molecular complexity index is 918. The number of amides is 2. The van der Waals surface area contributed by atoms with Gasteiger partial charge in [-0.05, 0) is 58.6 Å². The van der Waals surface area contributed by atoms with Crippen LogP contribution >= 0.6 is 31.9 Å². The molecule has 0 bridgehead atoms. The van der Waals surface area contributed by atoms with Crippen molar-refractivity contribution in [3.05, 3.63) is 56.7 Å². The summed E-state index contributed by atoms with van der Waals surface area (Å²) >= 11 is 6.66. The summed E-state index contributed by atoms with van der Waals surface area (Å²) in [5.74, 6) is -0.702. The zero-order valence-corrected chi connectivity index (χ0v) is 19.7. The first-order chi connectivity index (χ1) is 14.2. The Morgan fingerprint density at radius 1 is 1.27 bits per heavy atom. The highest BCUT2D eigenvalue weighted by Crippen LogP contribution is 2.27. The monoisotopic (exact) mass is 538 g/mol. The van der Waals surface area contributed by atoms with E-state index in [9.17, 15) is 14.4 Å². The molecule has 30 heavy (non-hydrogen) atoms. The summed E-state index contributed by atoms with van der Waals surface area (Å²) in [6.07, 6.45) is 4.57. The minimum absolute atomic E-state index is 0.184. The normalized spacial score (nSPS) is 18.6. The first-order valence-corrected chi connectivity index (χ1v) is 11.1. The molecule has 1 fully saturated rings. The van der Waals surface area contributed by atoms with Crippen LogP contribution < -0.4 is 10.6 Å². The number of halogens is 2. The predicted molar refractivity (Wildman–Crippen MR) is 120 cm³/mol. The van der Waals surface area contributed by atoms with E-state index in [1.165, 1.54) is 6.08 Å². The molecule has 158 valence electrons. The van der Waals surface area contributed by atoms with Crippen LogP contribution in [0.25, 0.3) is 0 Å². The van der Waals surface area contributed by atoms with Gasteiger partial charge in [-0.2, -0.15) is 0 Å². The molecule has 1 aromatic carbocycles. The minimum atomic E-state index is -0.772. The smallest absolute Gasteiger partial charge is 0.536 e. The van der Waals surface area contributed by atoms with Crippen molar-refractivity contribution in [2.45, 2.75) is 32.3 Å². The summed E-state index contributed by atoms with van der Waals surface area (Å²) in [6, 6.07) is 5.22. The third-order valence-corrected chi connectivity index (χ3v) is 5.73. The standard InChI is InChI=1S/C20H21BBr2N2O5/c1-11(2)8-17(21-29-16-5-3-4-15(26)19(16)30-21)25-18(27)10-24-20(28)13-9-12(22)6-7-14(13)23/h3-7,9,11,17,19H,8,10H2,1-2H3,(H,24,28)(H,25,27)/t17-,19?/m0/s1. The quantitative estimate of drug-likeness (QED) is 0.520. The molecular formula is C20H21BBr2N2O5. The molecule has 0 aromatic heterocycles. The number of ketones is 1. The van der Waals surface area contributed by atoms with E-state index in [4.69, 9.17) is 9.31 Å². The van der Waals surface area contributed by atoms with E-state index >= 15 is 0 Å². The van der Waals surface area contributed by atoms with Gasteiger partial charge in [0, 0.05) is 8.95 Å². The number of carbonyl (C=O) groups is 3. The maximum Gasteiger partial charge on any atom is 0.550 e. The first kappa shape index (κ1) is 22.8. The lowest BCUT2D eigenvalue weighted by Gasteiger charge is -2.21. The molecule has 1 aromatic rings. The molecular weight excluding hydrogens is 519 g/mol. The molecule has 0 saturated carbocycles. The van der Waals surface area contributed by atoms with Crippen LogP contribution in [0.5, 0.6) is 0 Å². The Hall–Kier alpha value is -1.91. The Kier molecular flexibility index (Phi) is 7.54. The summed E-state index contributed by atoms with van der Waals surface area (Å²) in [7, 11) is -0.772. The molecule has 2 aliphatic rings. The van der Waals surface area contributed by atoms with E-state index < -0.39 is 19.2 Å². The zero-order chi connectivity index (χ0) is 21.8. The second-order valence-corrected chi connectivity index (χ2v) is 9.21. The molecule has 1 aliphatic carbocycles. The molecule has 0 spiro atoms. The van der Waals surface area contributed by atoms with E-state index in [1.54, 1.807) is 30.4 Å². The van der Waals surface area contributed by atoms with Crippen molar-refractivity contribution in [2.75, 3.05) is 6.54 Å². The predicted octanol–water partition coefficient (Wildman–Crippen LogP) is 2.94. The van der Waals surface area contributed by atoms with Crippen molar-refractivity contribution in [1.29, 1.82) is 0 Å². The summed E-state index contributed by atoms with van der Waals surface area (Å²) in [5.41, 5.74) is 0.417. The van der Waals surface area contributed by atoms with Gasteiger partial charge in [-0.15, -0.1) is 0 Å². The number of hydrogen-bond acceptors (Lipinski definition) is 5. The minimum Gasteiger partial charge on any atom is -0.536 e. The fourth-order valence-corrected chi connectivity index (χ4v) is 3.98. The van der Waals surface area contributed by atoms with E-state index in [0.717, 1.165) is 4.47 Å². The fourth-order valence-electron chi connectivity index (χ4n) is 3.19. The van der Waals surface area contributed by atoms with Crippen LogP contribution in [-0.2, 0) is 18.9 Å². The van der Waals surface area contributed by atoms with Crippen molar-refractivity contribution < 1.29 is 23.7 Å². The Morgan fingerprint density at radius 3 is 2.73 bits per heavy atom. The molecule has 2 atom stereocenters. The van der Waals surface area contributed by atoms with Crippen LogP contribution in [-0.4, -0.2) is 43.3 Å². The number of benzene rings is 1. The lowest BCUT2D eigenvalue weighted by Crippen LogP contribution is -2.51. The lowest BCUT2D eigenvalue weighted by atomic mass is 9.74. The molecule has 1 saturated heterocycles. The average molecular weight is 540 g/mol. The average Bonchev–Trinajstić information content (AvgIpc) is 3.13. The van der Waals surface area contributed by atoms with E-state index in [1.807, 2.05) is 13.8 Å². The van der Waals surface area contributed by atoms with Crippen molar-refractivity contribution in [3.8, 4) is 0 Å². The van der Waals surface area contributed by atoms with Gasteiger partial charge in [0.05, 0.1) is 18.0 Å². The first-order valence-electron chi connectivity index (χ1n) is 9.51. The van der Waals surface area contributed by atoms with Gasteiger partial charge >= 0.3 is 7.12 Å². The molecule has 7 nitrogen and oxygen atoms in total. The lowest BCUT2D eigenvalue weighted by molar-refractivity contribution is -0.120. The molecule has 1 unspecified atom stereocenters. The largest absolute Gasteiger partial charge is 0.550 e. The Balaban J connectivity index is 1.60. The molecule has 3 rings (SSSR count). The number of fused-ring (bicyclic) bond motifs is 1. The third kappa shape index (κ3) is 5.62. The number of allylic oxidation sites excluding steroid dienone is 2. The number of rotatable bonds is 7. The van der Waals surface area contributed by atoms with Crippen molar-refractivity contribution in [1.82, 2.24) is 10.6 Å². The molecule has 2 N–H and O–H groups in total. The highest BCUT2D eigenvalue weighted by molar-refractivity contribution is 9.11.